The van der Waals surface area contributed by atoms with Gasteiger partial charge in [-0.15, -0.1) is 0 Å². The number of ether oxygens (including phenoxy) is 1. The number of benzene rings is 1. The zero-order valence-electron chi connectivity index (χ0n) is 16.4. The number of nitrogens with one attached hydrogen (secondary N) is 2. The molecule has 2 N–H and O–H groups in total. The van der Waals surface area contributed by atoms with Crippen molar-refractivity contribution in [2.75, 3.05) is 13.7 Å². The molecule has 1 aliphatic heterocycles. The third-order valence-corrected chi connectivity index (χ3v) is 6.95. The molecule has 0 fully saturated rings. The van der Waals surface area contributed by atoms with E-state index in [9.17, 15) is 18.4 Å². The van der Waals surface area contributed by atoms with Gasteiger partial charge < -0.3 is 19.6 Å². The van der Waals surface area contributed by atoms with Crippen LogP contribution in [0.3, 0.4) is 0 Å². The molecule has 11 heteroatoms. The third-order valence-electron chi connectivity index (χ3n) is 5.63. The number of nitrogens with zero attached hydrogens (tertiary/aromatic N) is 2. The number of aromatic nitrogens is 3. The molecule has 164 valence electrons. The first-order chi connectivity index (χ1) is 15.3. The molecule has 5 rings (SSSR count). The minimum atomic E-state index is -1.12. The molecular formula is C21H14BrClF2N4O3. The first-order valence-electron chi connectivity index (χ1n) is 9.47. The van der Waals surface area contributed by atoms with Gasteiger partial charge in [-0.2, -0.15) is 0 Å². The van der Waals surface area contributed by atoms with Crippen molar-refractivity contribution >= 4 is 55.1 Å². The molecule has 0 radical (unpaired) electrons. The Kier molecular flexibility index (Phi) is 5.03. The summed E-state index contributed by atoms with van der Waals surface area (Å²) in [6.45, 7) is 0.203. The summed E-state index contributed by atoms with van der Waals surface area (Å²) in [6.07, 6.45) is 1.52. The molecular weight excluding hydrogens is 510 g/mol. The molecule has 1 atom stereocenters. The molecule has 3 aromatic heterocycles. The SMILES string of the molecule is CN(C(=O)c1cc2c(Br)c(Cl)ncc2[nH]1)C1COCc2[nH]c(=O)c3cc(F)c(F)cc3c21. The van der Waals surface area contributed by atoms with Crippen LogP contribution in [-0.2, 0) is 11.3 Å². The Balaban J connectivity index is 1.62. The van der Waals surface area contributed by atoms with E-state index < -0.39 is 23.2 Å². The molecule has 7 nitrogen and oxygen atoms in total. The lowest BCUT2D eigenvalue weighted by Gasteiger charge is -2.33. The third kappa shape index (κ3) is 3.21. The van der Waals surface area contributed by atoms with E-state index in [0.717, 1.165) is 12.1 Å². The summed E-state index contributed by atoms with van der Waals surface area (Å²) in [6, 6.07) is 2.86. The molecule has 0 bridgehead atoms. The lowest BCUT2D eigenvalue weighted by Crippen LogP contribution is -2.37. The quantitative estimate of drug-likeness (QED) is 0.380. The number of hydrogen-bond acceptors (Lipinski definition) is 4. The molecule has 0 saturated carbocycles. The minimum Gasteiger partial charge on any atom is -0.373 e. The topological polar surface area (TPSA) is 91.1 Å². The highest BCUT2D eigenvalue weighted by molar-refractivity contribution is 9.10. The smallest absolute Gasteiger partial charge is 0.270 e. The molecule has 0 saturated heterocycles. The van der Waals surface area contributed by atoms with Gasteiger partial charge in [-0.3, -0.25) is 9.59 Å². The number of fused-ring (bicyclic) bond motifs is 4. The van der Waals surface area contributed by atoms with Gasteiger partial charge in [-0.1, -0.05) is 11.6 Å². The molecule has 32 heavy (non-hydrogen) atoms. The fourth-order valence-corrected chi connectivity index (χ4v) is 4.62. The summed E-state index contributed by atoms with van der Waals surface area (Å²) in [5, 5.41) is 1.20. The molecule has 4 heterocycles. The van der Waals surface area contributed by atoms with Crippen LogP contribution >= 0.6 is 27.5 Å². The van der Waals surface area contributed by atoms with E-state index in [1.165, 1.54) is 11.1 Å². The van der Waals surface area contributed by atoms with Gasteiger partial charge >= 0.3 is 0 Å². The molecule has 1 aromatic carbocycles. The van der Waals surface area contributed by atoms with Crippen molar-refractivity contribution in [3.05, 3.63) is 73.0 Å². The van der Waals surface area contributed by atoms with Crippen LogP contribution in [-0.4, -0.2) is 39.4 Å². The molecule has 1 amide bonds. The van der Waals surface area contributed by atoms with Gasteiger partial charge in [0.25, 0.3) is 11.5 Å². The first kappa shape index (κ1) is 21.0. The number of H-pyrrole nitrogens is 2. The predicted molar refractivity (Wildman–Crippen MR) is 118 cm³/mol. The number of carbonyl (C=O) groups excluding carboxylic acids is 1. The van der Waals surface area contributed by atoms with Gasteiger partial charge in [0.1, 0.15) is 10.8 Å². The van der Waals surface area contributed by atoms with E-state index >= 15 is 0 Å². The average Bonchev–Trinajstić information content (AvgIpc) is 3.21. The van der Waals surface area contributed by atoms with Gasteiger partial charge in [0.05, 0.1) is 40.8 Å². The van der Waals surface area contributed by atoms with Crippen LogP contribution in [0.2, 0.25) is 5.15 Å². The van der Waals surface area contributed by atoms with Gasteiger partial charge in [-0.05, 0) is 39.5 Å². The Hall–Kier alpha value is -2.82. The van der Waals surface area contributed by atoms with Crippen LogP contribution in [0.25, 0.3) is 21.7 Å². The van der Waals surface area contributed by atoms with Gasteiger partial charge in [-0.25, -0.2) is 13.8 Å². The van der Waals surface area contributed by atoms with Crippen LogP contribution in [0.5, 0.6) is 0 Å². The van der Waals surface area contributed by atoms with Gasteiger partial charge in [0.2, 0.25) is 0 Å². The highest BCUT2D eigenvalue weighted by atomic mass is 79.9. The summed E-state index contributed by atoms with van der Waals surface area (Å²) in [7, 11) is 1.58. The Morgan fingerprint density at radius 3 is 2.69 bits per heavy atom. The summed E-state index contributed by atoms with van der Waals surface area (Å²) in [5.74, 6) is -2.56. The van der Waals surface area contributed by atoms with E-state index in [2.05, 4.69) is 30.9 Å². The van der Waals surface area contributed by atoms with Crippen LogP contribution in [0, 0.1) is 11.6 Å². The van der Waals surface area contributed by atoms with Crippen LogP contribution in [0.1, 0.15) is 27.8 Å². The van der Waals surface area contributed by atoms with E-state index in [-0.39, 0.29) is 40.7 Å². The number of aromatic amines is 2. The Morgan fingerprint density at radius 1 is 1.22 bits per heavy atom. The van der Waals surface area contributed by atoms with Gasteiger partial charge in [0.15, 0.2) is 11.6 Å². The van der Waals surface area contributed by atoms with Crippen molar-refractivity contribution in [3.8, 4) is 0 Å². The van der Waals surface area contributed by atoms with Crippen LogP contribution < -0.4 is 5.56 Å². The molecule has 1 unspecified atom stereocenters. The maximum Gasteiger partial charge on any atom is 0.270 e. The maximum atomic E-state index is 14.1. The molecule has 0 spiro atoms. The van der Waals surface area contributed by atoms with Crippen molar-refractivity contribution in [2.24, 2.45) is 0 Å². The van der Waals surface area contributed by atoms with Crippen LogP contribution in [0.4, 0.5) is 8.78 Å². The second-order valence-electron chi connectivity index (χ2n) is 7.48. The van der Waals surface area contributed by atoms with E-state index in [4.69, 9.17) is 16.3 Å². The van der Waals surface area contributed by atoms with Gasteiger partial charge in [0, 0.05) is 23.7 Å². The highest BCUT2D eigenvalue weighted by Gasteiger charge is 2.32. The lowest BCUT2D eigenvalue weighted by atomic mass is 9.95. The summed E-state index contributed by atoms with van der Waals surface area (Å²) in [5.41, 5.74) is 1.28. The van der Waals surface area contributed by atoms with Crippen molar-refractivity contribution in [1.29, 1.82) is 0 Å². The predicted octanol–water partition coefficient (Wildman–Crippen LogP) is 4.44. The average molecular weight is 524 g/mol. The lowest BCUT2D eigenvalue weighted by molar-refractivity contribution is 0.0333. The zero-order valence-corrected chi connectivity index (χ0v) is 18.8. The van der Waals surface area contributed by atoms with Crippen molar-refractivity contribution in [2.45, 2.75) is 12.6 Å². The molecule has 1 aliphatic rings. The van der Waals surface area contributed by atoms with E-state index in [1.807, 2.05) is 0 Å². The fourth-order valence-electron chi connectivity index (χ4n) is 4.04. The van der Waals surface area contributed by atoms with E-state index in [0.29, 0.717) is 26.6 Å². The second kappa shape index (κ2) is 7.65. The number of hydrogen-bond donors (Lipinski definition) is 2. The number of pyridine rings is 2. The molecule has 4 aromatic rings. The van der Waals surface area contributed by atoms with Crippen molar-refractivity contribution < 1.29 is 18.3 Å². The largest absolute Gasteiger partial charge is 0.373 e. The number of amides is 1. The van der Waals surface area contributed by atoms with Crippen molar-refractivity contribution in [3.63, 3.8) is 0 Å². The minimum absolute atomic E-state index is 0.00524. The van der Waals surface area contributed by atoms with E-state index in [1.54, 1.807) is 13.1 Å². The standard InChI is InChI=1S/C21H14BrClF2N4O3/c1-29(21(31)13-4-10-14(27-13)5-26-19(23)18(10)22)16-7-32-6-15-17(16)8-2-11(24)12(25)3-9(8)20(30)28-15/h2-5,16,27H,6-7H2,1H3,(H,28,30). The normalized spacial score (nSPS) is 15.8. The molecule has 0 aliphatic carbocycles. The summed E-state index contributed by atoms with van der Waals surface area (Å²) >= 11 is 9.40. The summed E-state index contributed by atoms with van der Waals surface area (Å²) in [4.78, 5) is 36.9. The maximum absolute atomic E-state index is 14.1. The fraction of sp³-hybridized carbons (Fsp3) is 0.190. The summed E-state index contributed by atoms with van der Waals surface area (Å²) < 4.78 is 34.0. The number of likely N-dealkylation sites (N-methyl/N-ethyl adjacent to an activating group) is 1. The highest BCUT2D eigenvalue weighted by Crippen LogP contribution is 2.35. The number of carbonyl (C=O) groups is 1. The monoisotopic (exact) mass is 522 g/mol. The van der Waals surface area contributed by atoms with Crippen molar-refractivity contribution in [1.82, 2.24) is 19.9 Å². The Labute approximate surface area is 192 Å². The van der Waals surface area contributed by atoms with Crippen LogP contribution in [0.15, 0.2) is 33.7 Å². The first-order valence-corrected chi connectivity index (χ1v) is 10.6. The Morgan fingerprint density at radius 2 is 1.94 bits per heavy atom. The number of rotatable bonds is 2. The second-order valence-corrected chi connectivity index (χ2v) is 8.63. The Bertz CT molecular complexity index is 1490. The number of halogens is 4. The zero-order chi connectivity index (χ0) is 22.7.